The molecule has 9 heteroatoms. The number of aromatic amines is 1. The van der Waals surface area contributed by atoms with Gasteiger partial charge in [-0.3, -0.25) is 9.89 Å². The molecule has 1 aliphatic heterocycles. The van der Waals surface area contributed by atoms with Crippen molar-refractivity contribution in [2.45, 2.75) is 17.9 Å². The first-order valence-corrected chi connectivity index (χ1v) is 9.13. The summed E-state index contributed by atoms with van der Waals surface area (Å²) in [5, 5.41) is 2.95. The minimum Gasteiger partial charge on any atom is -0.297 e. The number of rotatable bonds is 2. The summed E-state index contributed by atoms with van der Waals surface area (Å²) in [5.41, 5.74) is 1.28. The third-order valence-electron chi connectivity index (χ3n) is 4.11. The Morgan fingerprint density at radius 3 is 2.79 bits per heavy atom. The smallest absolute Gasteiger partial charge is 0.277 e. The second-order valence-electron chi connectivity index (χ2n) is 5.52. The van der Waals surface area contributed by atoms with E-state index < -0.39 is 10.0 Å². The fraction of sp³-hybridized carbons (Fsp3) is 0.200. The number of benzene rings is 1. The number of H-pyrrole nitrogens is 1. The van der Waals surface area contributed by atoms with Crippen molar-refractivity contribution in [1.29, 1.82) is 0 Å². The van der Waals surface area contributed by atoms with Crippen LogP contribution in [0.5, 0.6) is 0 Å². The van der Waals surface area contributed by atoms with Crippen molar-refractivity contribution < 1.29 is 8.42 Å². The molecule has 1 aromatic carbocycles. The molecule has 0 atom stereocenters. The SMILES string of the molecule is O=c1c2c(nc3cc[nH]n13)CCN(S(=O)(=O)c1ccccc1Cl)C2. The molecule has 0 spiro atoms. The second-order valence-corrected chi connectivity index (χ2v) is 7.83. The molecule has 7 nitrogen and oxygen atoms in total. The topological polar surface area (TPSA) is 87.5 Å². The third-order valence-corrected chi connectivity index (χ3v) is 6.46. The fourth-order valence-corrected chi connectivity index (χ4v) is 4.79. The molecule has 0 saturated heterocycles. The van der Waals surface area contributed by atoms with Crippen molar-refractivity contribution in [1.82, 2.24) is 18.9 Å². The standard InChI is InChI=1S/C15H13ClN4O3S/c16-11-3-1-2-4-13(11)24(22,23)19-8-6-12-10(9-19)15(21)20-14(18-12)5-7-17-20/h1-5,7,17H,6,8-9H2. The lowest BCUT2D eigenvalue weighted by Gasteiger charge is -2.27. The van der Waals surface area contributed by atoms with Gasteiger partial charge in [0.2, 0.25) is 10.0 Å². The van der Waals surface area contributed by atoms with Crippen LogP contribution in [0, 0.1) is 0 Å². The number of nitrogens with one attached hydrogen (secondary N) is 1. The van der Waals surface area contributed by atoms with Gasteiger partial charge in [0.05, 0.1) is 16.3 Å². The van der Waals surface area contributed by atoms with Crippen molar-refractivity contribution in [2.24, 2.45) is 0 Å². The van der Waals surface area contributed by atoms with Crippen LogP contribution in [0.3, 0.4) is 0 Å². The Bertz CT molecular complexity index is 1100. The number of fused-ring (bicyclic) bond motifs is 2. The maximum atomic E-state index is 12.8. The van der Waals surface area contributed by atoms with E-state index in [1.807, 2.05) is 0 Å². The zero-order chi connectivity index (χ0) is 16.9. The molecule has 0 fully saturated rings. The minimum atomic E-state index is -3.78. The van der Waals surface area contributed by atoms with E-state index in [9.17, 15) is 13.2 Å². The average molecular weight is 365 g/mol. The number of aromatic nitrogens is 3. The van der Waals surface area contributed by atoms with Gasteiger partial charge in [-0.2, -0.15) is 4.31 Å². The van der Waals surface area contributed by atoms with Crippen LogP contribution in [0.25, 0.3) is 5.65 Å². The van der Waals surface area contributed by atoms with Crippen LogP contribution in [0.4, 0.5) is 0 Å². The lowest BCUT2D eigenvalue weighted by atomic mass is 10.1. The Morgan fingerprint density at radius 1 is 1.21 bits per heavy atom. The first-order valence-electron chi connectivity index (χ1n) is 7.31. The molecule has 0 unspecified atom stereocenters. The summed E-state index contributed by atoms with van der Waals surface area (Å²) in [4.78, 5) is 17.0. The quantitative estimate of drug-likeness (QED) is 0.745. The summed E-state index contributed by atoms with van der Waals surface area (Å²) in [6, 6.07) is 7.99. The normalized spacial score (nSPS) is 15.5. The molecule has 0 bridgehead atoms. The van der Waals surface area contributed by atoms with E-state index in [2.05, 4.69) is 10.1 Å². The lowest BCUT2D eigenvalue weighted by Crippen LogP contribution is -2.40. The molecule has 0 saturated carbocycles. The molecular weight excluding hydrogens is 352 g/mol. The average Bonchev–Trinajstić information content (AvgIpc) is 3.03. The van der Waals surface area contributed by atoms with E-state index in [1.165, 1.54) is 21.0 Å². The Balaban J connectivity index is 1.79. The largest absolute Gasteiger partial charge is 0.297 e. The highest BCUT2D eigenvalue weighted by atomic mass is 35.5. The van der Waals surface area contributed by atoms with Crippen molar-refractivity contribution in [3.8, 4) is 0 Å². The molecule has 4 rings (SSSR count). The van der Waals surface area contributed by atoms with Gasteiger partial charge in [0.1, 0.15) is 4.90 Å². The fourth-order valence-electron chi connectivity index (χ4n) is 2.89. The molecule has 1 aliphatic rings. The molecule has 2 aromatic heterocycles. The molecule has 124 valence electrons. The van der Waals surface area contributed by atoms with E-state index in [0.717, 1.165) is 0 Å². The monoisotopic (exact) mass is 364 g/mol. The molecule has 1 N–H and O–H groups in total. The van der Waals surface area contributed by atoms with Crippen molar-refractivity contribution in [3.05, 3.63) is 63.2 Å². The Labute approximate surface area is 142 Å². The molecule has 24 heavy (non-hydrogen) atoms. The van der Waals surface area contributed by atoms with Crippen LogP contribution in [-0.4, -0.2) is 33.9 Å². The zero-order valence-electron chi connectivity index (χ0n) is 12.4. The maximum absolute atomic E-state index is 12.8. The number of hydrogen-bond donors (Lipinski definition) is 1. The molecule has 0 radical (unpaired) electrons. The number of sulfonamides is 1. The van der Waals surface area contributed by atoms with Crippen LogP contribution in [0.2, 0.25) is 5.02 Å². The van der Waals surface area contributed by atoms with Crippen LogP contribution in [-0.2, 0) is 23.0 Å². The highest BCUT2D eigenvalue weighted by Gasteiger charge is 2.32. The van der Waals surface area contributed by atoms with Gasteiger partial charge in [0.25, 0.3) is 5.56 Å². The summed E-state index contributed by atoms with van der Waals surface area (Å²) >= 11 is 6.03. The van der Waals surface area contributed by atoms with Crippen LogP contribution >= 0.6 is 11.6 Å². The highest BCUT2D eigenvalue weighted by Crippen LogP contribution is 2.27. The van der Waals surface area contributed by atoms with Crippen LogP contribution in [0.1, 0.15) is 11.3 Å². The molecule has 3 aromatic rings. The highest BCUT2D eigenvalue weighted by molar-refractivity contribution is 7.89. The van der Waals surface area contributed by atoms with Crippen molar-refractivity contribution in [3.63, 3.8) is 0 Å². The predicted octanol–water partition coefficient (Wildman–Crippen LogP) is 1.42. The third kappa shape index (κ3) is 2.26. The van der Waals surface area contributed by atoms with E-state index in [1.54, 1.807) is 24.4 Å². The molecule has 3 heterocycles. The summed E-state index contributed by atoms with van der Waals surface area (Å²) in [5.74, 6) is 0. The predicted molar refractivity (Wildman–Crippen MR) is 88.6 cm³/mol. The molecular formula is C15H13ClN4O3S. The maximum Gasteiger partial charge on any atom is 0.277 e. The van der Waals surface area contributed by atoms with Gasteiger partial charge < -0.3 is 0 Å². The number of halogens is 1. The van der Waals surface area contributed by atoms with Gasteiger partial charge in [0, 0.05) is 31.8 Å². The van der Waals surface area contributed by atoms with E-state index in [-0.39, 0.29) is 28.6 Å². The zero-order valence-corrected chi connectivity index (χ0v) is 14.0. The van der Waals surface area contributed by atoms with E-state index in [0.29, 0.717) is 23.3 Å². The Hall–Kier alpha value is -2.16. The first kappa shape index (κ1) is 15.4. The van der Waals surface area contributed by atoms with Gasteiger partial charge in [-0.05, 0) is 12.1 Å². The summed E-state index contributed by atoms with van der Waals surface area (Å²) in [6.07, 6.45) is 2.00. The Morgan fingerprint density at radius 2 is 2.00 bits per heavy atom. The van der Waals surface area contributed by atoms with E-state index in [4.69, 9.17) is 11.6 Å². The Kier molecular flexibility index (Phi) is 3.48. The van der Waals surface area contributed by atoms with Gasteiger partial charge in [0.15, 0.2) is 5.65 Å². The number of nitrogens with zero attached hydrogens (tertiary/aromatic N) is 3. The summed E-state index contributed by atoms with van der Waals surface area (Å²) in [7, 11) is -3.78. The van der Waals surface area contributed by atoms with Gasteiger partial charge >= 0.3 is 0 Å². The summed E-state index contributed by atoms with van der Waals surface area (Å²) in [6.45, 7) is 0.240. The van der Waals surface area contributed by atoms with E-state index >= 15 is 0 Å². The molecule has 0 aliphatic carbocycles. The molecule has 0 amide bonds. The minimum absolute atomic E-state index is 0.0172. The van der Waals surface area contributed by atoms with Crippen molar-refractivity contribution in [2.75, 3.05) is 6.54 Å². The van der Waals surface area contributed by atoms with Crippen LogP contribution in [0.15, 0.2) is 46.2 Å². The summed E-state index contributed by atoms with van der Waals surface area (Å²) < 4.78 is 28.3. The van der Waals surface area contributed by atoms with Gasteiger partial charge in [-0.25, -0.2) is 17.9 Å². The number of hydrogen-bond acceptors (Lipinski definition) is 4. The first-order chi connectivity index (χ1) is 11.5. The van der Waals surface area contributed by atoms with Crippen LogP contribution < -0.4 is 5.56 Å². The lowest BCUT2D eigenvalue weighted by molar-refractivity contribution is 0.385. The van der Waals surface area contributed by atoms with Gasteiger partial charge in [-0.1, -0.05) is 23.7 Å². The second kappa shape index (κ2) is 5.44. The van der Waals surface area contributed by atoms with Crippen molar-refractivity contribution >= 4 is 27.3 Å². The van der Waals surface area contributed by atoms with Gasteiger partial charge in [-0.15, -0.1) is 0 Å².